The summed E-state index contributed by atoms with van der Waals surface area (Å²) in [5.74, 6) is 0.542. The Morgan fingerprint density at radius 3 is 2.44 bits per heavy atom. The molecule has 0 aliphatic rings. The quantitative estimate of drug-likeness (QED) is 0.646. The van der Waals surface area contributed by atoms with Crippen LogP contribution in [0.15, 0.2) is 35.4 Å². The van der Waals surface area contributed by atoms with Crippen molar-refractivity contribution in [3.05, 3.63) is 30.5 Å². The number of sulfonamides is 2. The van der Waals surface area contributed by atoms with Crippen LogP contribution in [-0.4, -0.2) is 39.5 Å². The first-order valence-electron chi connectivity index (χ1n) is 8.31. The molecule has 9 nitrogen and oxygen atoms in total. The third kappa shape index (κ3) is 5.36. The van der Waals surface area contributed by atoms with E-state index in [1.807, 2.05) is 13.8 Å². The molecule has 2 aromatic rings. The Labute approximate surface area is 159 Å². The van der Waals surface area contributed by atoms with Crippen LogP contribution in [0.4, 0.5) is 11.5 Å². The lowest BCUT2D eigenvalue weighted by molar-refractivity contribution is 0.403. The van der Waals surface area contributed by atoms with Gasteiger partial charge in [0.05, 0.1) is 24.7 Å². The fourth-order valence-electron chi connectivity index (χ4n) is 2.31. The molecule has 1 heterocycles. The Balaban J connectivity index is 2.34. The second-order valence-corrected chi connectivity index (χ2v) is 9.93. The molecule has 0 fully saturated rings. The minimum absolute atomic E-state index is 0.0220. The van der Waals surface area contributed by atoms with Crippen molar-refractivity contribution < 1.29 is 21.6 Å². The highest BCUT2D eigenvalue weighted by molar-refractivity contribution is 7.93. The molecule has 0 spiro atoms. The van der Waals surface area contributed by atoms with E-state index in [0.29, 0.717) is 12.4 Å². The lowest BCUT2D eigenvalue weighted by Gasteiger charge is -2.15. The van der Waals surface area contributed by atoms with E-state index in [-0.39, 0.29) is 28.0 Å². The largest absolute Gasteiger partial charge is 0.495 e. The molecule has 150 valence electrons. The molecule has 0 aliphatic carbocycles. The van der Waals surface area contributed by atoms with E-state index < -0.39 is 20.0 Å². The van der Waals surface area contributed by atoms with Gasteiger partial charge in [0.1, 0.15) is 16.5 Å². The van der Waals surface area contributed by atoms with E-state index in [0.717, 1.165) is 0 Å². The first-order valence-corrected chi connectivity index (χ1v) is 11.4. The number of nitrogens with one attached hydrogen (secondary N) is 2. The van der Waals surface area contributed by atoms with Gasteiger partial charge in [-0.2, -0.15) is 5.10 Å². The molecule has 0 atom stereocenters. The minimum Gasteiger partial charge on any atom is -0.495 e. The van der Waals surface area contributed by atoms with Gasteiger partial charge >= 0.3 is 0 Å². The van der Waals surface area contributed by atoms with Crippen LogP contribution in [0.25, 0.3) is 0 Å². The van der Waals surface area contributed by atoms with Crippen molar-refractivity contribution in [1.82, 2.24) is 9.78 Å². The van der Waals surface area contributed by atoms with Crippen molar-refractivity contribution in [1.29, 1.82) is 0 Å². The number of hydrogen-bond donors (Lipinski definition) is 2. The molecule has 2 rings (SSSR count). The summed E-state index contributed by atoms with van der Waals surface area (Å²) >= 11 is 0. The molecule has 1 aromatic carbocycles. The lowest BCUT2D eigenvalue weighted by Crippen LogP contribution is -2.19. The van der Waals surface area contributed by atoms with Gasteiger partial charge in [-0.15, -0.1) is 0 Å². The van der Waals surface area contributed by atoms with Gasteiger partial charge in [-0.25, -0.2) is 21.5 Å². The number of rotatable bonds is 9. The standard InChI is InChI=1S/C16H24N4O5S2/c1-5-26(21,22)18-13-6-7-15(14(10-13)25-4)27(23,24)19-16-8-9-17-20(16)11-12(2)3/h6-10,12,18-19H,5,11H2,1-4H3. The van der Waals surface area contributed by atoms with Crippen LogP contribution in [0.5, 0.6) is 5.75 Å². The Morgan fingerprint density at radius 1 is 1.15 bits per heavy atom. The van der Waals surface area contributed by atoms with E-state index in [9.17, 15) is 16.8 Å². The van der Waals surface area contributed by atoms with E-state index >= 15 is 0 Å². The Kier molecular flexibility index (Phi) is 6.37. The van der Waals surface area contributed by atoms with Crippen molar-refractivity contribution >= 4 is 31.6 Å². The number of benzene rings is 1. The van der Waals surface area contributed by atoms with Crippen molar-refractivity contribution in [2.45, 2.75) is 32.2 Å². The molecule has 11 heteroatoms. The van der Waals surface area contributed by atoms with Gasteiger partial charge in [0, 0.05) is 18.7 Å². The van der Waals surface area contributed by atoms with Crippen LogP contribution >= 0.6 is 0 Å². The van der Waals surface area contributed by atoms with Gasteiger partial charge in [0.2, 0.25) is 10.0 Å². The Hall–Kier alpha value is -2.27. The number of methoxy groups -OCH3 is 1. The lowest BCUT2D eigenvalue weighted by atomic mass is 10.2. The molecule has 0 saturated heterocycles. The third-order valence-electron chi connectivity index (χ3n) is 3.60. The van der Waals surface area contributed by atoms with Gasteiger partial charge in [0.15, 0.2) is 0 Å². The highest BCUT2D eigenvalue weighted by Gasteiger charge is 2.22. The Morgan fingerprint density at radius 2 is 1.85 bits per heavy atom. The smallest absolute Gasteiger partial charge is 0.266 e. The second kappa shape index (κ2) is 8.17. The van der Waals surface area contributed by atoms with Crippen LogP contribution in [0.1, 0.15) is 20.8 Å². The van der Waals surface area contributed by atoms with Crippen molar-refractivity contribution in [3.63, 3.8) is 0 Å². The van der Waals surface area contributed by atoms with Gasteiger partial charge in [-0.3, -0.25) is 9.44 Å². The number of hydrogen-bond acceptors (Lipinski definition) is 6. The maximum Gasteiger partial charge on any atom is 0.266 e. The topological polar surface area (TPSA) is 119 Å². The summed E-state index contributed by atoms with van der Waals surface area (Å²) < 4.78 is 60.6. The fourth-order valence-corrected chi connectivity index (χ4v) is 4.15. The maximum absolute atomic E-state index is 12.8. The molecular weight excluding hydrogens is 392 g/mol. The number of nitrogens with zero attached hydrogens (tertiary/aromatic N) is 2. The number of aromatic nitrogens is 2. The minimum atomic E-state index is -3.96. The van der Waals surface area contributed by atoms with E-state index in [2.05, 4.69) is 14.5 Å². The molecule has 0 unspecified atom stereocenters. The van der Waals surface area contributed by atoms with Crippen LogP contribution < -0.4 is 14.2 Å². The Bertz CT molecular complexity index is 998. The zero-order valence-corrected chi connectivity index (χ0v) is 17.3. The summed E-state index contributed by atoms with van der Waals surface area (Å²) in [5.41, 5.74) is 0.220. The highest BCUT2D eigenvalue weighted by Crippen LogP contribution is 2.29. The molecular formula is C16H24N4O5S2. The summed E-state index contributed by atoms with van der Waals surface area (Å²) in [6, 6.07) is 5.55. The SMILES string of the molecule is CCS(=O)(=O)Nc1ccc(S(=O)(=O)Nc2ccnn2CC(C)C)c(OC)c1. The van der Waals surface area contributed by atoms with Crippen LogP contribution in [0, 0.1) is 5.92 Å². The molecule has 2 N–H and O–H groups in total. The van der Waals surface area contributed by atoms with E-state index in [1.165, 1.54) is 38.4 Å². The molecule has 0 saturated carbocycles. The average Bonchev–Trinajstić information content (AvgIpc) is 2.99. The van der Waals surface area contributed by atoms with Gasteiger partial charge in [-0.05, 0) is 25.0 Å². The molecule has 0 bridgehead atoms. The average molecular weight is 417 g/mol. The second-order valence-electron chi connectivity index (χ2n) is 6.27. The highest BCUT2D eigenvalue weighted by atomic mass is 32.2. The number of anilines is 2. The first kappa shape index (κ1) is 21.0. The third-order valence-corrected chi connectivity index (χ3v) is 6.30. The molecule has 1 aromatic heterocycles. The molecule has 0 aliphatic heterocycles. The van der Waals surface area contributed by atoms with Gasteiger partial charge in [-0.1, -0.05) is 13.8 Å². The van der Waals surface area contributed by atoms with Crippen molar-refractivity contribution in [2.24, 2.45) is 5.92 Å². The maximum atomic E-state index is 12.8. The fraction of sp³-hybridized carbons (Fsp3) is 0.438. The summed E-state index contributed by atoms with van der Waals surface area (Å²) in [5, 5.41) is 4.12. The van der Waals surface area contributed by atoms with Gasteiger partial charge < -0.3 is 4.74 Å². The summed E-state index contributed by atoms with van der Waals surface area (Å²) in [6.45, 7) is 6.06. The van der Waals surface area contributed by atoms with E-state index in [4.69, 9.17) is 4.74 Å². The van der Waals surface area contributed by atoms with E-state index in [1.54, 1.807) is 10.7 Å². The molecule has 0 radical (unpaired) electrons. The van der Waals surface area contributed by atoms with Crippen LogP contribution in [0.3, 0.4) is 0 Å². The first-order chi connectivity index (χ1) is 12.6. The van der Waals surface area contributed by atoms with Crippen LogP contribution in [-0.2, 0) is 26.6 Å². The zero-order valence-electron chi connectivity index (χ0n) is 15.6. The summed E-state index contributed by atoms with van der Waals surface area (Å²) in [6.07, 6.45) is 1.51. The van der Waals surface area contributed by atoms with Gasteiger partial charge in [0.25, 0.3) is 10.0 Å². The predicted molar refractivity (Wildman–Crippen MR) is 104 cm³/mol. The van der Waals surface area contributed by atoms with Crippen molar-refractivity contribution in [3.8, 4) is 5.75 Å². The normalized spacial score (nSPS) is 12.2. The van der Waals surface area contributed by atoms with Crippen molar-refractivity contribution in [2.75, 3.05) is 22.3 Å². The zero-order chi connectivity index (χ0) is 20.2. The summed E-state index contributed by atoms with van der Waals surface area (Å²) in [4.78, 5) is -0.109. The molecule has 27 heavy (non-hydrogen) atoms. The predicted octanol–water partition coefficient (Wildman–Crippen LogP) is 2.11. The number of ether oxygens (including phenoxy) is 1. The monoisotopic (exact) mass is 416 g/mol. The molecule has 0 amide bonds. The summed E-state index contributed by atoms with van der Waals surface area (Å²) in [7, 11) is -6.13. The van der Waals surface area contributed by atoms with Crippen LogP contribution in [0.2, 0.25) is 0 Å².